The summed E-state index contributed by atoms with van der Waals surface area (Å²) in [5, 5.41) is 14.1. The Morgan fingerprint density at radius 3 is 2.77 bits per heavy atom. The van der Waals surface area contributed by atoms with Gasteiger partial charge in [0.25, 0.3) is 0 Å². The summed E-state index contributed by atoms with van der Waals surface area (Å²) in [5.74, 6) is 0.810. The number of aliphatic hydroxyl groups is 1. The standard InChI is InChI=1S/C26H36ClNO2/c1-17(15-24(30)28-20-8-6-7-19(27)16-20)9-11-21-18(2)10-12-22-25(3,4)23(29)13-14-26(21,22)5/h6-8,15-16,21-23,29H,2,9-14H2,1,3-5H3,(H,28,30)/t21-,22-,23-,26+/m1/s1. The van der Waals surface area contributed by atoms with E-state index in [-0.39, 0.29) is 22.8 Å². The van der Waals surface area contributed by atoms with E-state index in [0.717, 1.165) is 44.1 Å². The van der Waals surface area contributed by atoms with Crippen LogP contribution in [0.1, 0.15) is 66.2 Å². The Morgan fingerprint density at radius 2 is 2.07 bits per heavy atom. The topological polar surface area (TPSA) is 49.3 Å². The Morgan fingerprint density at radius 1 is 1.33 bits per heavy atom. The van der Waals surface area contributed by atoms with Gasteiger partial charge in [-0.05, 0) is 86.3 Å². The van der Waals surface area contributed by atoms with Gasteiger partial charge in [0.2, 0.25) is 5.91 Å². The number of nitrogens with one attached hydrogen (secondary N) is 1. The molecule has 3 nitrogen and oxygen atoms in total. The van der Waals surface area contributed by atoms with Gasteiger partial charge in [-0.2, -0.15) is 0 Å². The van der Waals surface area contributed by atoms with Gasteiger partial charge in [-0.25, -0.2) is 0 Å². The average molecular weight is 430 g/mol. The molecule has 3 rings (SSSR count). The number of aliphatic hydroxyl groups excluding tert-OH is 1. The summed E-state index contributed by atoms with van der Waals surface area (Å²) in [6.45, 7) is 13.3. The Balaban J connectivity index is 1.66. The molecule has 0 radical (unpaired) electrons. The van der Waals surface area contributed by atoms with Crippen molar-refractivity contribution in [1.29, 1.82) is 0 Å². The van der Waals surface area contributed by atoms with Crippen LogP contribution in [0, 0.1) is 22.7 Å². The summed E-state index contributed by atoms with van der Waals surface area (Å²) in [6, 6.07) is 7.19. The lowest BCUT2D eigenvalue weighted by Crippen LogP contribution is -2.54. The van der Waals surface area contributed by atoms with Crippen molar-refractivity contribution in [2.45, 2.75) is 72.3 Å². The molecule has 0 spiro atoms. The molecule has 0 saturated heterocycles. The second kappa shape index (κ2) is 8.88. The quantitative estimate of drug-likeness (QED) is 0.400. The fourth-order valence-corrected chi connectivity index (χ4v) is 6.30. The van der Waals surface area contributed by atoms with E-state index < -0.39 is 0 Å². The molecule has 30 heavy (non-hydrogen) atoms. The van der Waals surface area contributed by atoms with Crippen LogP contribution in [0.5, 0.6) is 0 Å². The third kappa shape index (κ3) is 4.68. The lowest BCUT2D eigenvalue weighted by molar-refractivity contribution is -0.124. The second-order valence-corrected chi connectivity index (χ2v) is 10.6. The number of hydrogen-bond donors (Lipinski definition) is 2. The number of halogens is 1. The molecule has 0 unspecified atom stereocenters. The van der Waals surface area contributed by atoms with Crippen LogP contribution in [0.4, 0.5) is 5.69 Å². The fourth-order valence-electron chi connectivity index (χ4n) is 6.11. The Hall–Kier alpha value is -1.58. The van der Waals surface area contributed by atoms with Gasteiger partial charge in [0.05, 0.1) is 6.10 Å². The predicted octanol–water partition coefficient (Wildman–Crippen LogP) is 6.77. The van der Waals surface area contributed by atoms with E-state index in [1.54, 1.807) is 18.2 Å². The minimum Gasteiger partial charge on any atom is -0.393 e. The van der Waals surface area contributed by atoms with Gasteiger partial charge in [0.15, 0.2) is 0 Å². The molecular formula is C26H36ClNO2. The number of fused-ring (bicyclic) bond motifs is 1. The van der Waals surface area contributed by atoms with Crippen LogP contribution < -0.4 is 5.32 Å². The molecule has 0 bridgehead atoms. The van der Waals surface area contributed by atoms with Crippen LogP contribution in [0.25, 0.3) is 0 Å². The van der Waals surface area contributed by atoms with Crippen LogP contribution in [-0.2, 0) is 4.79 Å². The molecule has 1 aromatic rings. The molecule has 1 amide bonds. The lowest BCUT2D eigenvalue weighted by atomic mass is 9.46. The smallest absolute Gasteiger partial charge is 0.248 e. The van der Waals surface area contributed by atoms with Crippen molar-refractivity contribution in [3.05, 3.63) is 53.1 Å². The van der Waals surface area contributed by atoms with Gasteiger partial charge >= 0.3 is 0 Å². The van der Waals surface area contributed by atoms with E-state index in [1.165, 1.54) is 5.57 Å². The highest BCUT2D eigenvalue weighted by molar-refractivity contribution is 6.30. The van der Waals surface area contributed by atoms with Gasteiger partial charge < -0.3 is 10.4 Å². The first-order chi connectivity index (χ1) is 14.0. The molecule has 4 heteroatoms. The monoisotopic (exact) mass is 429 g/mol. The Bertz CT molecular complexity index is 843. The van der Waals surface area contributed by atoms with Crippen LogP contribution in [0.15, 0.2) is 48.1 Å². The largest absolute Gasteiger partial charge is 0.393 e. The molecule has 164 valence electrons. The van der Waals surface area contributed by atoms with E-state index in [0.29, 0.717) is 22.5 Å². The Labute approximate surface area is 186 Å². The molecule has 2 fully saturated rings. The molecule has 0 aliphatic heterocycles. The number of rotatable bonds is 5. The third-order valence-corrected chi connectivity index (χ3v) is 8.08. The van der Waals surface area contributed by atoms with Crippen molar-refractivity contribution in [2.75, 3.05) is 5.32 Å². The first-order valence-electron chi connectivity index (χ1n) is 11.1. The highest BCUT2D eigenvalue weighted by Crippen LogP contribution is 2.61. The minimum atomic E-state index is -0.223. The van der Waals surface area contributed by atoms with Crippen LogP contribution in [0.3, 0.4) is 0 Å². The number of benzene rings is 1. The first-order valence-corrected chi connectivity index (χ1v) is 11.5. The molecule has 2 saturated carbocycles. The zero-order valence-corrected chi connectivity index (χ0v) is 19.6. The zero-order valence-electron chi connectivity index (χ0n) is 18.8. The van der Waals surface area contributed by atoms with Crippen LogP contribution in [-0.4, -0.2) is 17.1 Å². The maximum Gasteiger partial charge on any atom is 0.248 e. The number of allylic oxidation sites excluding steroid dienone is 2. The van der Waals surface area contributed by atoms with Crippen molar-refractivity contribution in [3.63, 3.8) is 0 Å². The lowest BCUT2D eigenvalue weighted by Gasteiger charge is -2.59. The van der Waals surface area contributed by atoms with Crippen molar-refractivity contribution in [1.82, 2.24) is 0 Å². The van der Waals surface area contributed by atoms with E-state index >= 15 is 0 Å². The van der Waals surface area contributed by atoms with Crippen molar-refractivity contribution >= 4 is 23.2 Å². The normalized spacial score (nSPS) is 31.2. The van der Waals surface area contributed by atoms with Gasteiger partial charge in [-0.15, -0.1) is 0 Å². The zero-order chi connectivity index (χ0) is 22.1. The fraction of sp³-hybridized carbons (Fsp3) is 0.577. The molecule has 2 N–H and O–H groups in total. The van der Waals surface area contributed by atoms with Gasteiger partial charge in [-0.3, -0.25) is 4.79 Å². The number of carbonyl (C=O) groups is 1. The van der Waals surface area contributed by atoms with Crippen LogP contribution >= 0.6 is 11.6 Å². The maximum atomic E-state index is 12.4. The summed E-state index contributed by atoms with van der Waals surface area (Å²) >= 11 is 5.99. The molecule has 0 aromatic heterocycles. The predicted molar refractivity (Wildman–Crippen MR) is 126 cm³/mol. The molecule has 2 aliphatic carbocycles. The minimum absolute atomic E-state index is 0.0618. The Kier molecular flexibility index (Phi) is 6.84. The molecular weight excluding hydrogens is 394 g/mol. The van der Waals surface area contributed by atoms with E-state index in [1.807, 2.05) is 19.1 Å². The average Bonchev–Trinajstić information content (AvgIpc) is 2.64. The third-order valence-electron chi connectivity index (χ3n) is 7.85. The number of carbonyl (C=O) groups excluding carboxylic acids is 1. The highest BCUT2D eigenvalue weighted by atomic mass is 35.5. The summed E-state index contributed by atoms with van der Waals surface area (Å²) < 4.78 is 0. The summed E-state index contributed by atoms with van der Waals surface area (Å²) in [5.41, 5.74) is 3.23. The molecule has 1 aromatic carbocycles. The summed E-state index contributed by atoms with van der Waals surface area (Å²) in [4.78, 5) is 12.4. The summed E-state index contributed by atoms with van der Waals surface area (Å²) in [6.07, 6.45) is 7.42. The van der Waals surface area contributed by atoms with Crippen molar-refractivity contribution in [3.8, 4) is 0 Å². The second-order valence-electron chi connectivity index (χ2n) is 10.2. The highest BCUT2D eigenvalue weighted by Gasteiger charge is 2.55. The number of hydrogen-bond acceptors (Lipinski definition) is 2. The van der Waals surface area contributed by atoms with Crippen LogP contribution in [0.2, 0.25) is 5.02 Å². The number of anilines is 1. The van der Waals surface area contributed by atoms with E-state index in [2.05, 4.69) is 32.7 Å². The first kappa shape index (κ1) is 23.1. The maximum absolute atomic E-state index is 12.4. The van der Waals surface area contributed by atoms with Crippen molar-refractivity contribution in [2.24, 2.45) is 22.7 Å². The molecule has 0 heterocycles. The molecule has 4 atom stereocenters. The van der Waals surface area contributed by atoms with E-state index in [4.69, 9.17) is 11.6 Å². The SMILES string of the molecule is C=C1CC[C@@H]2C(C)(C)[C@H](O)CC[C@@]2(C)[C@@H]1CCC(C)=CC(=O)Nc1cccc(Cl)c1. The number of amides is 1. The van der Waals surface area contributed by atoms with Gasteiger partial charge in [0.1, 0.15) is 0 Å². The summed E-state index contributed by atoms with van der Waals surface area (Å²) in [7, 11) is 0. The van der Waals surface area contributed by atoms with Crippen molar-refractivity contribution < 1.29 is 9.90 Å². The van der Waals surface area contributed by atoms with Gasteiger partial charge in [-0.1, -0.05) is 56.2 Å². The van der Waals surface area contributed by atoms with E-state index in [9.17, 15) is 9.90 Å². The van der Waals surface area contributed by atoms with Gasteiger partial charge in [0, 0.05) is 16.8 Å². The molecule has 2 aliphatic rings.